The summed E-state index contributed by atoms with van der Waals surface area (Å²) in [6, 6.07) is 0. The summed E-state index contributed by atoms with van der Waals surface area (Å²) >= 11 is 0. The molecule has 0 heterocycles. The van der Waals surface area contributed by atoms with Gasteiger partial charge in [0, 0.05) is 12.8 Å². The third kappa shape index (κ3) is 37.0. The van der Waals surface area contributed by atoms with E-state index in [0.717, 1.165) is 25.7 Å². The summed E-state index contributed by atoms with van der Waals surface area (Å²) in [6.07, 6.45) is 45.2. The molecule has 266 valence electrons. The zero-order chi connectivity index (χ0) is 32.9. The Kier molecular flexibility index (Phi) is 36.1. The first-order valence-electron chi connectivity index (χ1n) is 20.2. The van der Waals surface area contributed by atoms with Crippen molar-refractivity contribution in [2.45, 2.75) is 238 Å². The lowest BCUT2D eigenvalue weighted by Gasteiger charge is -2.18. The molecule has 0 aliphatic heterocycles. The van der Waals surface area contributed by atoms with Crippen LogP contribution < -0.4 is 0 Å². The average molecular weight is 635 g/mol. The van der Waals surface area contributed by atoms with Crippen LogP contribution in [0, 0.1) is 0 Å². The number of carboxylic acid groups (broad SMARTS) is 1. The van der Waals surface area contributed by atoms with Gasteiger partial charge in [-0.05, 0) is 57.8 Å². The molecule has 0 aliphatic carbocycles. The van der Waals surface area contributed by atoms with Gasteiger partial charge in [-0.3, -0.25) is 9.59 Å². The second-order valence-corrected chi connectivity index (χ2v) is 13.8. The van der Waals surface area contributed by atoms with Crippen molar-refractivity contribution in [3.63, 3.8) is 0 Å². The lowest BCUT2D eigenvalue weighted by Crippen LogP contribution is -2.18. The fraction of sp³-hybridized carbons (Fsp3) is 0.902. The molecule has 0 saturated carbocycles. The molecule has 1 N–H and O–H groups in total. The molecule has 0 spiro atoms. The van der Waals surface area contributed by atoms with E-state index >= 15 is 0 Å². The van der Waals surface area contributed by atoms with Crippen molar-refractivity contribution in [3.05, 3.63) is 12.2 Å². The zero-order valence-electron chi connectivity index (χ0n) is 30.4. The number of hydrogen-bond donors (Lipinski definition) is 1. The summed E-state index contributed by atoms with van der Waals surface area (Å²) in [4.78, 5) is 23.4. The zero-order valence-corrected chi connectivity index (χ0v) is 30.4. The van der Waals surface area contributed by atoms with Gasteiger partial charge in [0.25, 0.3) is 0 Å². The minimum Gasteiger partial charge on any atom is -0.481 e. The second-order valence-electron chi connectivity index (χ2n) is 13.8. The molecule has 0 rings (SSSR count). The van der Waals surface area contributed by atoms with Gasteiger partial charge in [0.15, 0.2) is 0 Å². The topological polar surface area (TPSA) is 63.6 Å². The summed E-state index contributed by atoms with van der Waals surface area (Å²) in [6.45, 7) is 4.54. The highest BCUT2D eigenvalue weighted by atomic mass is 16.5. The molecule has 1 atom stereocenters. The molecule has 0 amide bonds. The van der Waals surface area contributed by atoms with Gasteiger partial charge in [0.1, 0.15) is 6.10 Å². The van der Waals surface area contributed by atoms with Crippen LogP contribution in [0.3, 0.4) is 0 Å². The van der Waals surface area contributed by atoms with Crippen LogP contribution in [0.15, 0.2) is 12.2 Å². The SMILES string of the molecule is CCCCCCCC/C=C\CCCCCCCCCCCCCC(=O)OC(CCCCCCCCCCCC)CCCC(=O)O. The van der Waals surface area contributed by atoms with Crippen LogP contribution in [-0.4, -0.2) is 23.1 Å². The van der Waals surface area contributed by atoms with E-state index in [0.29, 0.717) is 19.3 Å². The predicted octanol–water partition coefficient (Wildman–Crippen LogP) is 13.8. The maximum Gasteiger partial charge on any atom is 0.306 e. The maximum absolute atomic E-state index is 12.5. The van der Waals surface area contributed by atoms with Gasteiger partial charge in [-0.2, -0.15) is 0 Å². The van der Waals surface area contributed by atoms with Crippen molar-refractivity contribution in [1.82, 2.24) is 0 Å². The molecule has 0 aromatic carbocycles. The number of carbonyl (C=O) groups excluding carboxylic acids is 1. The molecular formula is C41H78O4. The minimum absolute atomic E-state index is 0.0873. The second kappa shape index (κ2) is 37.1. The Bertz CT molecular complexity index is 643. The molecule has 0 aromatic rings. The van der Waals surface area contributed by atoms with E-state index in [9.17, 15) is 9.59 Å². The fourth-order valence-corrected chi connectivity index (χ4v) is 6.25. The average Bonchev–Trinajstić information content (AvgIpc) is 3.02. The number of esters is 1. The summed E-state index contributed by atoms with van der Waals surface area (Å²) in [5.74, 6) is -0.855. The Morgan fingerprint density at radius 3 is 1.24 bits per heavy atom. The Morgan fingerprint density at radius 2 is 0.822 bits per heavy atom. The highest BCUT2D eigenvalue weighted by molar-refractivity contribution is 5.69. The number of hydrogen-bond acceptors (Lipinski definition) is 3. The van der Waals surface area contributed by atoms with Gasteiger partial charge in [0.2, 0.25) is 0 Å². The highest BCUT2D eigenvalue weighted by Crippen LogP contribution is 2.18. The molecule has 0 aromatic heterocycles. The van der Waals surface area contributed by atoms with Crippen molar-refractivity contribution in [2.24, 2.45) is 0 Å². The van der Waals surface area contributed by atoms with Gasteiger partial charge < -0.3 is 9.84 Å². The van der Waals surface area contributed by atoms with Crippen molar-refractivity contribution in [1.29, 1.82) is 0 Å². The number of unbranched alkanes of at least 4 members (excludes halogenated alkanes) is 26. The first-order valence-corrected chi connectivity index (χ1v) is 20.2. The molecule has 45 heavy (non-hydrogen) atoms. The lowest BCUT2D eigenvalue weighted by molar-refractivity contribution is -0.150. The maximum atomic E-state index is 12.5. The highest BCUT2D eigenvalue weighted by Gasteiger charge is 2.15. The number of ether oxygens (including phenoxy) is 1. The lowest BCUT2D eigenvalue weighted by atomic mass is 10.0. The molecule has 4 nitrogen and oxygen atoms in total. The molecule has 0 aliphatic rings. The summed E-state index contributed by atoms with van der Waals surface area (Å²) in [7, 11) is 0. The van der Waals surface area contributed by atoms with E-state index in [1.54, 1.807) is 0 Å². The molecule has 0 fully saturated rings. The Balaban J connectivity index is 3.68. The number of aliphatic carboxylic acids is 1. The summed E-state index contributed by atoms with van der Waals surface area (Å²) in [5.41, 5.74) is 0. The largest absolute Gasteiger partial charge is 0.481 e. The predicted molar refractivity (Wildman–Crippen MR) is 195 cm³/mol. The first-order chi connectivity index (χ1) is 22.1. The number of carbonyl (C=O) groups is 2. The van der Waals surface area contributed by atoms with Crippen LogP contribution in [0.2, 0.25) is 0 Å². The summed E-state index contributed by atoms with van der Waals surface area (Å²) < 4.78 is 5.82. The molecule has 0 radical (unpaired) electrons. The standard InChI is InChI=1S/C41H78O4/c1-3-5-7-9-11-13-15-16-17-18-19-20-21-22-23-24-25-27-29-31-33-38-41(44)45-39(36-34-37-40(42)43)35-32-30-28-26-14-12-10-8-6-4-2/h16-17,39H,3-15,18-38H2,1-2H3,(H,42,43)/b17-16-. The van der Waals surface area contributed by atoms with Crippen molar-refractivity contribution < 1.29 is 19.4 Å². The Labute approximate surface area is 281 Å². The van der Waals surface area contributed by atoms with Crippen LogP contribution >= 0.6 is 0 Å². The van der Waals surface area contributed by atoms with E-state index in [-0.39, 0.29) is 18.5 Å². The van der Waals surface area contributed by atoms with Gasteiger partial charge >= 0.3 is 11.9 Å². The van der Waals surface area contributed by atoms with E-state index in [1.165, 1.54) is 167 Å². The minimum atomic E-state index is -0.767. The number of rotatable bonds is 37. The van der Waals surface area contributed by atoms with Crippen LogP contribution in [0.1, 0.15) is 232 Å². The third-order valence-corrected chi connectivity index (χ3v) is 9.24. The van der Waals surface area contributed by atoms with E-state index < -0.39 is 5.97 Å². The van der Waals surface area contributed by atoms with Crippen molar-refractivity contribution in [2.75, 3.05) is 0 Å². The smallest absolute Gasteiger partial charge is 0.306 e. The molecular weight excluding hydrogens is 556 g/mol. The van der Waals surface area contributed by atoms with Gasteiger partial charge in [-0.1, -0.05) is 174 Å². The van der Waals surface area contributed by atoms with Gasteiger partial charge in [-0.15, -0.1) is 0 Å². The van der Waals surface area contributed by atoms with Gasteiger partial charge in [0.05, 0.1) is 0 Å². The van der Waals surface area contributed by atoms with Crippen LogP contribution in [0.25, 0.3) is 0 Å². The Morgan fingerprint density at radius 1 is 0.467 bits per heavy atom. The van der Waals surface area contributed by atoms with Crippen molar-refractivity contribution >= 4 is 11.9 Å². The van der Waals surface area contributed by atoms with Crippen molar-refractivity contribution in [3.8, 4) is 0 Å². The fourth-order valence-electron chi connectivity index (χ4n) is 6.25. The number of carboxylic acids is 1. The van der Waals surface area contributed by atoms with E-state index in [2.05, 4.69) is 26.0 Å². The normalized spacial score (nSPS) is 12.2. The Hall–Kier alpha value is -1.32. The van der Waals surface area contributed by atoms with Crippen LogP contribution in [0.4, 0.5) is 0 Å². The monoisotopic (exact) mass is 635 g/mol. The molecule has 0 saturated heterocycles. The third-order valence-electron chi connectivity index (χ3n) is 9.24. The summed E-state index contributed by atoms with van der Waals surface area (Å²) in [5, 5.41) is 9.00. The van der Waals surface area contributed by atoms with E-state index in [4.69, 9.17) is 9.84 Å². The molecule has 1 unspecified atom stereocenters. The quantitative estimate of drug-likeness (QED) is 0.0419. The van der Waals surface area contributed by atoms with Crippen LogP contribution in [-0.2, 0) is 14.3 Å². The van der Waals surface area contributed by atoms with Gasteiger partial charge in [-0.25, -0.2) is 0 Å². The number of allylic oxidation sites excluding steroid dienone is 2. The first kappa shape index (κ1) is 43.7. The van der Waals surface area contributed by atoms with E-state index in [1.807, 2.05) is 0 Å². The molecule has 0 bridgehead atoms. The molecule has 4 heteroatoms. The van der Waals surface area contributed by atoms with Crippen LogP contribution in [0.5, 0.6) is 0 Å².